The van der Waals surface area contributed by atoms with Crippen molar-refractivity contribution in [3.63, 3.8) is 0 Å². The Kier molecular flexibility index (Phi) is 7.42. The number of thiazole rings is 1. The van der Waals surface area contributed by atoms with E-state index in [9.17, 15) is 24.1 Å². The molecule has 2 N–H and O–H groups in total. The number of carbonyl (C=O) groups is 2. The predicted octanol–water partition coefficient (Wildman–Crippen LogP) is 3.43. The van der Waals surface area contributed by atoms with Crippen LogP contribution in [0.4, 0.5) is 15.2 Å². The Labute approximate surface area is 205 Å². The highest BCUT2D eigenvalue weighted by Crippen LogP contribution is 2.23. The second-order valence-corrected chi connectivity index (χ2v) is 8.71. The van der Waals surface area contributed by atoms with Gasteiger partial charge in [0.15, 0.2) is 16.1 Å². The first-order chi connectivity index (χ1) is 16.9. The summed E-state index contributed by atoms with van der Waals surface area (Å²) in [4.78, 5) is 39.0. The number of nitro groups is 1. The summed E-state index contributed by atoms with van der Waals surface area (Å²) in [5.74, 6) is -0.813. The number of benzene rings is 2. The Morgan fingerprint density at radius 2 is 1.86 bits per heavy atom. The van der Waals surface area contributed by atoms with Gasteiger partial charge in [-0.25, -0.2) is 9.37 Å². The standard InChI is InChI=1S/C21H16FN7O4S2/c22-14-3-7-15(8-4-14)28-17(11-24-19(31)13-1-5-16(6-2-13)29(32)33)26-27-21(28)35-12-18(30)25-20-23-9-10-34-20/h1-10H,11-12H2,(H,24,31)(H,23,25,30). The molecule has 0 radical (unpaired) electrons. The van der Waals surface area contributed by atoms with Gasteiger partial charge in [0.05, 0.1) is 17.2 Å². The molecule has 2 heterocycles. The first kappa shape index (κ1) is 24.0. The van der Waals surface area contributed by atoms with Crippen LogP contribution in [0.25, 0.3) is 5.69 Å². The molecule has 2 aromatic heterocycles. The second kappa shape index (κ2) is 10.8. The predicted molar refractivity (Wildman–Crippen MR) is 127 cm³/mol. The summed E-state index contributed by atoms with van der Waals surface area (Å²) in [6, 6.07) is 10.8. The van der Waals surface area contributed by atoms with Crippen molar-refractivity contribution in [2.75, 3.05) is 11.1 Å². The molecule has 0 aliphatic heterocycles. The van der Waals surface area contributed by atoms with E-state index in [1.807, 2.05) is 0 Å². The van der Waals surface area contributed by atoms with E-state index in [0.29, 0.717) is 21.8 Å². The van der Waals surface area contributed by atoms with Crippen LogP contribution in [0, 0.1) is 15.9 Å². The highest BCUT2D eigenvalue weighted by atomic mass is 32.2. The number of non-ortho nitro benzene ring substituents is 1. The number of thioether (sulfide) groups is 1. The average Bonchev–Trinajstić information content (AvgIpc) is 3.51. The Morgan fingerprint density at radius 3 is 2.51 bits per heavy atom. The summed E-state index contributed by atoms with van der Waals surface area (Å²) in [5.41, 5.74) is 0.647. The number of anilines is 1. The number of hydrogen-bond acceptors (Lipinski definition) is 9. The van der Waals surface area contributed by atoms with Crippen molar-refractivity contribution in [2.24, 2.45) is 0 Å². The van der Waals surface area contributed by atoms with E-state index in [-0.39, 0.29) is 29.5 Å². The molecule has 0 aliphatic carbocycles. The molecule has 0 unspecified atom stereocenters. The second-order valence-electron chi connectivity index (χ2n) is 6.87. The van der Waals surface area contributed by atoms with Crippen LogP contribution in [0.1, 0.15) is 16.2 Å². The van der Waals surface area contributed by atoms with Gasteiger partial charge in [0.1, 0.15) is 5.82 Å². The SMILES string of the molecule is O=C(CSc1nnc(CNC(=O)c2ccc([N+](=O)[O-])cc2)n1-c1ccc(F)cc1)Nc1nccs1. The first-order valence-corrected chi connectivity index (χ1v) is 11.8. The largest absolute Gasteiger partial charge is 0.345 e. The van der Waals surface area contributed by atoms with E-state index in [1.165, 1.54) is 59.9 Å². The van der Waals surface area contributed by atoms with Gasteiger partial charge in [0, 0.05) is 35.0 Å². The molecule has 2 amide bonds. The number of hydrogen-bond donors (Lipinski definition) is 2. The van der Waals surface area contributed by atoms with Crippen molar-refractivity contribution in [3.8, 4) is 5.69 Å². The molecule has 4 rings (SSSR count). The fourth-order valence-corrected chi connectivity index (χ4v) is 4.24. The van der Waals surface area contributed by atoms with Gasteiger partial charge < -0.3 is 10.6 Å². The van der Waals surface area contributed by atoms with Gasteiger partial charge in [-0.3, -0.25) is 24.3 Å². The smallest absolute Gasteiger partial charge is 0.269 e. The molecule has 4 aromatic rings. The van der Waals surface area contributed by atoms with Crippen LogP contribution in [-0.2, 0) is 11.3 Å². The van der Waals surface area contributed by atoms with Gasteiger partial charge in [-0.05, 0) is 36.4 Å². The van der Waals surface area contributed by atoms with Crippen LogP contribution in [-0.4, -0.2) is 42.2 Å². The van der Waals surface area contributed by atoms with Crippen molar-refractivity contribution in [2.45, 2.75) is 11.7 Å². The Bertz CT molecular complexity index is 1340. The Morgan fingerprint density at radius 1 is 1.11 bits per heavy atom. The van der Waals surface area contributed by atoms with E-state index >= 15 is 0 Å². The number of nitrogens with one attached hydrogen (secondary N) is 2. The Balaban J connectivity index is 1.49. The molecule has 0 bridgehead atoms. The first-order valence-electron chi connectivity index (χ1n) is 9.96. The molecule has 0 fully saturated rings. The summed E-state index contributed by atoms with van der Waals surface area (Å²) in [6.07, 6.45) is 1.58. The van der Waals surface area contributed by atoms with Crippen molar-refractivity contribution >= 4 is 45.7 Å². The van der Waals surface area contributed by atoms with E-state index in [1.54, 1.807) is 16.1 Å². The van der Waals surface area contributed by atoms with E-state index in [0.717, 1.165) is 11.8 Å². The molecular weight excluding hydrogens is 497 g/mol. The van der Waals surface area contributed by atoms with Crippen LogP contribution in [0.15, 0.2) is 65.3 Å². The van der Waals surface area contributed by atoms with Gasteiger partial charge >= 0.3 is 0 Å². The third kappa shape index (κ3) is 6.04. The van der Waals surface area contributed by atoms with Gasteiger partial charge in [0.2, 0.25) is 5.91 Å². The zero-order valence-corrected chi connectivity index (χ0v) is 19.4. The van der Waals surface area contributed by atoms with Gasteiger partial charge in [-0.15, -0.1) is 21.5 Å². The van der Waals surface area contributed by atoms with Gasteiger partial charge in [-0.1, -0.05) is 11.8 Å². The normalized spacial score (nSPS) is 10.7. The molecule has 11 nitrogen and oxygen atoms in total. The maximum atomic E-state index is 13.5. The van der Waals surface area contributed by atoms with Gasteiger partial charge in [0.25, 0.3) is 11.6 Å². The number of rotatable bonds is 9. The third-order valence-corrected chi connectivity index (χ3v) is 6.16. The van der Waals surface area contributed by atoms with Crippen LogP contribution < -0.4 is 10.6 Å². The molecule has 178 valence electrons. The molecule has 0 aliphatic rings. The van der Waals surface area contributed by atoms with Crippen molar-refractivity contribution in [3.05, 3.63) is 87.4 Å². The summed E-state index contributed by atoms with van der Waals surface area (Å²) in [6.45, 7) is -0.0356. The lowest BCUT2D eigenvalue weighted by Gasteiger charge is -2.11. The fourth-order valence-electron chi connectivity index (χ4n) is 2.92. The lowest BCUT2D eigenvalue weighted by molar-refractivity contribution is -0.384. The molecule has 2 aromatic carbocycles. The lowest BCUT2D eigenvalue weighted by atomic mass is 10.2. The van der Waals surface area contributed by atoms with Crippen LogP contribution >= 0.6 is 23.1 Å². The number of aromatic nitrogens is 4. The van der Waals surface area contributed by atoms with Crippen molar-refractivity contribution in [1.29, 1.82) is 0 Å². The molecule has 14 heteroatoms. The highest BCUT2D eigenvalue weighted by Gasteiger charge is 2.18. The minimum atomic E-state index is -0.552. The molecule has 0 atom stereocenters. The zero-order valence-electron chi connectivity index (χ0n) is 17.8. The summed E-state index contributed by atoms with van der Waals surface area (Å²) < 4.78 is 15.1. The minimum Gasteiger partial charge on any atom is -0.345 e. The quantitative estimate of drug-likeness (QED) is 0.197. The monoisotopic (exact) mass is 513 g/mol. The topological polar surface area (TPSA) is 145 Å². The molecule has 0 saturated carbocycles. The van der Waals surface area contributed by atoms with Crippen molar-refractivity contribution < 1.29 is 18.9 Å². The van der Waals surface area contributed by atoms with E-state index < -0.39 is 16.6 Å². The van der Waals surface area contributed by atoms with E-state index in [4.69, 9.17) is 0 Å². The third-order valence-electron chi connectivity index (χ3n) is 4.54. The van der Waals surface area contributed by atoms with E-state index in [2.05, 4.69) is 25.8 Å². The number of nitro benzene ring substituents is 1. The zero-order chi connectivity index (χ0) is 24.8. The fraction of sp³-hybridized carbons (Fsp3) is 0.0952. The number of nitrogens with zero attached hydrogens (tertiary/aromatic N) is 5. The van der Waals surface area contributed by atoms with Gasteiger partial charge in [-0.2, -0.15) is 0 Å². The number of amides is 2. The molecular formula is C21H16FN7O4S2. The minimum absolute atomic E-state index is 0.0219. The summed E-state index contributed by atoms with van der Waals surface area (Å²) in [5, 5.41) is 27.0. The van der Waals surface area contributed by atoms with Crippen molar-refractivity contribution in [1.82, 2.24) is 25.1 Å². The molecule has 0 spiro atoms. The van der Waals surface area contributed by atoms with Crippen LogP contribution in [0.2, 0.25) is 0 Å². The lowest BCUT2D eigenvalue weighted by Crippen LogP contribution is -2.24. The highest BCUT2D eigenvalue weighted by molar-refractivity contribution is 7.99. The molecule has 0 saturated heterocycles. The maximum Gasteiger partial charge on any atom is 0.269 e. The summed E-state index contributed by atoms with van der Waals surface area (Å²) in [7, 11) is 0. The number of halogens is 1. The Hall–Kier alpha value is -4.17. The maximum absolute atomic E-state index is 13.5. The number of carbonyl (C=O) groups excluding carboxylic acids is 2. The van der Waals surface area contributed by atoms with Crippen LogP contribution in [0.3, 0.4) is 0 Å². The molecule has 35 heavy (non-hydrogen) atoms. The van der Waals surface area contributed by atoms with Crippen LogP contribution in [0.5, 0.6) is 0 Å². The average molecular weight is 514 g/mol. The summed E-state index contributed by atoms with van der Waals surface area (Å²) >= 11 is 2.41.